The van der Waals surface area contributed by atoms with E-state index < -0.39 is 5.97 Å². The molecule has 0 aromatic heterocycles. The quantitative estimate of drug-likeness (QED) is 0.249. The molecule has 3 nitrogen and oxygen atoms in total. The molecular formula is C22H30O3. The van der Waals surface area contributed by atoms with Crippen molar-refractivity contribution in [2.45, 2.75) is 51.9 Å². The van der Waals surface area contributed by atoms with Crippen LogP contribution in [-0.4, -0.2) is 16.9 Å². The van der Waals surface area contributed by atoms with Crippen LogP contribution in [0.4, 0.5) is 0 Å². The SMILES string of the molecule is CC/C=C/C/C=C/CC(=O)/C=C/C=C/C/C=C/C/C=C/CCC(=O)O. The minimum Gasteiger partial charge on any atom is -0.481 e. The van der Waals surface area contributed by atoms with Crippen molar-refractivity contribution in [3.8, 4) is 0 Å². The van der Waals surface area contributed by atoms with Crippen molar-refractivity contribution in [3.63, 3.8) is 0 Å². The van der Waals surface area contributed by atoms with Crippen LogP contribution in [-0.2, 0) is 9.59 Å². The molecule has 0 aromatic carbocycles. The summed E-state index contributed by atoms with van der Waals surface area (Å²) in [7, 11) is 0. The van der Waals surface area contributed by atoms with Crippen LogP contribution in [0.3, 0.4) is 0 Å². The third-order valence-corrected chi connectivity index (χ3v) is 3.09. The zero-order valence-electron chi connectivity index (χ0n) is 15.1. The number of carbonyl (C=O) groups is 2. The highest BCUT2D eigenvalue weighted by Gasteiger charge is 1.91. The molecule has 0 rings (SSSR count). The van der Waals surface area contributed by atoms with Gasteiger partial charge in [0.15, 0.2) is 5.78 Å². The Morgan fingerprint density at radius 3 is 2.04 bits per heavy atom. The topological polar surface area (TPSA) is 54.4 Å². The molecule has 0 aromatic rings. The van der Waals surface area contributed by atoms with Crippen LogP contribution in [0, 0.1) is 0 Å². The van der Waals surface area contributed by atoms with E-state index in [-0.39, 0.29) is 12.2 Å². The van der Waals surface area contributed by atoms with E-state index in [0.717, 1.165) is 25.7 Å². The largest absolute Gasteiger partial charge is 0.481 e. The summed E-state index contributed by atoms with van der Waals surface area (Å²) < 4.78 is 0. The molecule has 0 atom stereocenters. The van der Waals surface area contributed by atoms with Crippen LogP contribution < -0.4 is 0 Å². The molecule has 0 fully saturated rings. The van der Waals surface area contributed by atoms with Gasteiger partial charge >= 0.3 is 5.97 Å². The van der Waals surface area contributed by atoms with Crippen molar-refractivity contribution in [2.24, 2.45) is 0 Å². The minimum atomic E-state index is -0.767. The van der Waals surface area contributed by atoms with E-state index in [2.05, 4.69) is 19.1 Å². The van der Waals surface area contributed by atoms with E-state index >= 15 is 0 Å². The number of hydrogen-bond acceptors (Lipinski definition) is 2. The number of carbonyl (C=O) groups excluding carboxylic acids is 1. The van der Waals surface area contributed by atoms with E-state index in [0.29, 0.717) is 12.8 Å². The van der Waals surface area contributed by atoms with Gasteiger partial charge in [-0.15, -0.1) is 0 Å². The van der Waals surface area contributed by atoms with Crippen molar-refractivity contribution in [1.82, 2.24) is 0 Å². The molecule has 0 spiro atoms. The van der Waals surface area contributed by atoms with E-state index in [1.165, 1.54) is 0 Å². The number of ketones is 1. The van der Waals surface area contributed by atoms with Crippen LogP contribution in [0.25, 0.3) is 0 Å². The van der Waals surface area contributed by atoms with Crippen molar-refractivity contribution in [2.75, 3.05) is 0 Å². The second-order valence-electron chi connectivity index (χ2n) is 5.39. The number of carboxylic acids is 1. The van der Waals surface area contributed by atoms with E-state index in [9.17, 15) is 9.59 Å². The van der Waals surface area contributed by atoms with Crippen molar-refractivity contribution < 1.29 is 14.7 Å². The zero-order valence-corrected chi connectivity index (χ0v) is 15.1. The number of rotatable bonds is 14. The van der Waals surface area contributed by atoms with Gasteiger partial charge in [0.1, 0.15) is 0 Å². The van der Waals surface area contributed by atoms with Crippen molar-refractivity contribution in [3.05, 3.63) is 72.9 Å². The summed E-state index contributed by atoms with van der Waals surface area (Å²) in [4.78, 5) is 21.9. The Bertz CT molecular complexity index is 531. The molecular weight excluding hydrogens is 312 g/mol. The van der Waals surface area contributed by atoms with Gasteiger partial charge in [-0.25, -0.2) is 0 Å². The first-order valence-electron chi connectivity index (χ1n) is 8.84. The summed E-state index contributed by atoms with van der Waals surface area (Å²) in [5, 5.41) is 8.49. The van der Waals surface area contributed by atoms with E-state index in [1.54, 1.807) is 12.2 Å². The molecule has 0 saturated heterocycles. The Morgan fingerprint density at radius 1 is 0.760 bits per heavy atom. The Balaban J connectivity index is 3.73. The molecule has 0 amide bonds. The van der Waals surface area contributed by atoms with Gasteiger partial charge in [-0.05, 0) is 38.2 Å². The molecule has 0 heterocycles. The van der Waals surface area contributed by atoms with Gasteiger partial charge in [0.25, 0.3) is 0 Å². The van der Waals surface area contributed by atoms with Gasteiger partial charge in [0, 0.05) is 12.8 Å². The van der Waals surface area contributed by atoms with Crippen LogP contribution in [0.2, 0.25) is 0 Å². The third kappa shape index (κ3) is 19.5. The number of carboxylic acid groups (broad SMARTS) is 1. The highest BCUT2D eigenvalue weighted by atomic mass is 16.4. The summed E-state index contributed by atoms with van der Waals surface area (Å²) in [6.07, 6.45) is 28.0. The van der Waals surface area contributed by atoms with Gasteiger partial charge in [-0.2, -0.15) is 0 Å². The zero-order chi connectivity index (χ0) is 18.6. The van der Waals surface area contributed by atoms with Crippen LogP contribution in [0.1, 0.15) is 51.9 Å². The third-order valence-electron chi connectivity index (χ3n) is 3.09. The summed E-state index contributed by atoms with van der Waals surface area (Å²) in [5.74, 6) is -0.667. The molecule has 0 radical (unpaired) electrons. The fourth-order valence-corrected chi connectivity index (χ4v) is 1.80. The van der Waals surface area contributed by atoms with Crippen molar-refractivity contribution >= 4 is 11.8 Å². The van der Waals surface area contributed by atoms with E-state index in [4.69, 9.17) is 5.11 Å². The fraction of sp³-hybridized carbons (Fsp3) is 0.364. The average Bonchev–Trinajstić information content (AvgIpc) is 2.58. The van der Waals surface area contributed by atoms with Gasteiger partial charge < -0.3 is 5.11 Å². The first-order valence-corrected chi connectivity index (χ1v) is 8.84. The van der Waals surface area contributed by atoms with Gasteiger partial charge in [-0.3, -0.25) is 9.59 Å². The lowest BCUT2D eigenvalue weighted by atomic mass is 10.2. The van der Waals surface area contributed by atoms with Crippen LogP contribution in [0.15, 0.2) is 72.9 Å². The Kier molecular flexibility index (Phi) is 16.2. The Morgan fingerprint density at radius 2 is 1.36 bits per heavy atom. The normalized spacial score (nSPS) is 12.8. The number of hydrogen-bond donors (Lipinski definition) is 1. The maximum absolute atomic E-state index is 11.6. The monoisotopic (exact) mass is 342 g/mol. The molecule has 0 aliphatic carbocycles. The number of aliphatic carboxylic acids is 1. The molecule has 0 saturated carbocycles. The molecule has 0 aliphatic rings. The predicted molar refractivity (Wildman–Crippen MR) is 105 cm³/mol. The summed E-state index contributed by atoms with van der Waals surface area (Å²) in [6.45, 7) is 2.10. The standard InChI is InChI=1S/C22H30O3/c1-2-3-4-5-12-15-18-21(23)19-16-13-10-8-6-7-9-11-14-17-20-22(24)25/h3-4,6-7,10-16,19H,2,5,8-9,17-18,20H2,1H3,(H,24,25)/b4-3+,7-6+,13-10+,14-11+,15-12+,19-16+. The average molecular weight is 342 g/mol. The summed E-state index contributed by atoms with van der Waals surface area (Å²) in [6, 6.07) is 0. The lowest BCUT2D eigenvalue weighted by Gasteiger charge is -1.87. The second-order valence-corrected chi connectivity index (χ2v) is 5.39. The highest BCUT2D eigenvalue weighted by molar-refractivity contribution is 5.90. The molecule has 0 aliphatic heterocycles. The highest BCUT2D eigenvalue weighted by Crippen LogP contribution is 1.96. The Hall–Kier alpha value is -2.42. The maximum atomic E-state index is 11.6. The maximum Gasteiger partial charge on any atom is 0.303 e. The van der Waals surface area contributed by atoms with Gasteiger partial charge in [0.05, 0.1) is 0 Å². The lowest BCUT2D eigenvalue weighted by molar-refractivity contribution is -0.136. The van der Waals surface area contributed by atoms with Gasteiger partial charge in [-0.1, -0.05) is 73.8 Å². The van der Waals surface area contributed by atoms with Crippen molar-refractivity contribution in [1.29, 1.82) is 0 Å². The smallest absolute Gasteiger partial charge is 0.303 e. The summed E-state index contributed by atoms with van der Waals surface area (Å²) in [5.41, 5.74) is 0. The van der Waals surface area contributed by atoms with E-state index in [1.807, 2.05) is 48.6 Å². The minimum absolute atomic E-state index is 0.0995. The Labute approximate surface area is 151 Å². The summed E-state index contributed by atoms with van der Waals surface area (Å²) >= 11 is 0. The fourth-order valence-electron chi connectivity index (χ4n) is 1.80. The molecule has 3 heteroatoms. The van der Waals surface area contributed by atoms with Crippen LogP contribution >= 0.6 is 0 Å². The molecule has 0 unspecified atom stereocenters. The second kappa shape index (κ2) is 17.9. The molecule has 0 bridgehead atoms. The predicted octanol–water partition coefficient (Wildman–Crippen LogP) is 5.73. The lowest BCUT2D eigenvalue weighted by Crippen LogP contribution is -1.91. The van der Waals surface area contributed by atoms with Crippen LogP contribution in [0.5, 0.6) is 0 Å². The first-order chi connectivity index (χ1) is 12.2. The number of allylic oxidation sites excluding steroid dienone is 12. The molecule has 1 N–H and O–H groups in total. The van der Waals surface area contributed by atoms with Gasteiger partial charge in [0.2, 0.25) is 0 Å². The molecule has 25 heavy (non-hydrogen) atoms. The first kappa shape index (κ1) is 22.6. The molecule has 136 valence electrons.